The number of nitrogens with zero attached hydrogens (tertiary/aromatic N) is 4. The van der Waals surface area contributed by atoms with Crippen LogP contribution in [-0.2, 0) is 12.0 Å². The zero-order valence-corrected chi connectivity index (χ0v) is 47.3. The molecule has 394 valence electrons. The first-order valence-corrected chi connectivity index (χ1v) is 27.6. The number of benzene rings is 7. The molecule has 0 bridgehead atoms. The summed E-state index contributed by atoms with van der Waals surface area (Å²) in [5.41, 5.74) is 15.1. The van der Waals surface area contributed by atoms with Crippen molar-refractivity contribution in [1.29, 1.82) is 0 Å². The lowest BCUT2D eigenvalue weighted by Crippen LogP contribution is -2.25. The van der Waals surface area contributed by atoms with Gasteiger partial charge < -0.3 is 9.13 Å². The van der Waals surface area contributed by atoms with Crippen molar-refractivity contribution in [2.75, 3.05) is 0 Å². The Morgan fingerprint density at radius 2 is 1.22 bits per heavy atom. The van der Waals surface area contributed by atoms with E-state index in [0.29, 0.717) is 6.54 Å². The lowest BCUT2D eigenvalue weighted by atomic mass is 9.72. The number of para-hydroxylation sites is 3. The van der Waals surface area contributed by atoms with Gasteiger partial charge in [0, 0.05) is 56.7 Å². The van der Waals surface area contributed by atoms with Crippen LogP contribution in [0.1, 0.15) is 107 Å². The molecule has 1 unspecified atom stereocenters. The van der Waals surface area contributed by atoms with Crippen LogP contribution >= 0.6 is 0 Å². The summed E-state index contributed by atoms with van der Waals surface area (Å²) >= 11 is 0. The van der Waals surface area contributed by atoms with Crippen LogP contribution in [0.4, 0.5) is 0 Å². The second kappa shape index (κ2) is 29.4. The summed E-state index contributed by atoms with van der Waals surface area (Å²) in [7, 11) is 0. The summed E-state index contributed by atoms with van der Waals surface area (Å²) in [5.74, 6) is 0.0428. The van der Waals surface area contributed by atoms with Crippen molar-refractivity contribution in [1.82, 2.24) is 9.13 Å². The average Bonchev–Trinajstić information content (AvgIpc) is 4.16. The number of aliphatic imine (C=N–C) groups is 2. The lowest BCUT2D eigenvalue weighted by molar-refractivity contribution is 0.578. The van der Waals surface area contributed by atoms with Crippen LogP contribution in [0.2, 0.25) is 0 Å². The number of allylic oxidation sites excluding steroid dienone is 11. The summed E-state index contributed by atoms with van der Waals surface area (Å²) in [6.45, 7) is 33.0. The first kappa shape index (κ1) is 58.4. The summed E-state index contributed by atoms with van der Waals surface area (Å²) in [5, 5.41) is 3.44. The molecule has 0 radical (unpaired) electrons. The van der Waals surface area contributed by atoms with Crippen LogP contribution in [0.25, 0.3) is 50.2 Å². The van der Waals surface area contributed by atoms with Gasteiger partial charge in [0.2, 0.25) is 0 Å². The second-order valence-corrected chi connectivity index (χ2v) is 18.1. The topological polar surface area (TPSA) is 34.6 Å². The van der Waals surface area contributed by atoms with Gasteiger partial charge in [-0.05, 0) is 102 Å². The Morgan fingerprint density at radius 3 is 1.90 bits per heavy atom. The van der Waals surface area contributed by atoms with E-state index in [-0.39, 0.29) is 5.92 Å². The number of hydrogen-bond donors (Lipinski definition) is 0. The van der Waals surface area contributed by atoms with E-state index >= 15 is 0 Å². The molecule has 0 amide bonds. The number of aromatic nitrogens is 2. The molecule has 0 saturated heterocycles. The van der Waals surface area contributed by atoms with Crippen LogP contribution in [-0.4, -0.2) is 21.6 Å². The Bertz CT molecular complexity index is 3580. The van der Waals surface area contributed by atoms with Crippen molar-refractivity contribution in [3.05, 3.63) is 307 Å². The molecule has 0 aliphatic rings. The average molecular weight is 1020 g/mol. The van der Waals surface area contributed by atoms with Crippen molar-refractivity contribution < 1.29 is 0 Å². The summed E-state index contributed by atoms with van der Waals surface area (Å²) in [6.07, 6.45) is 27.0. The van der Waals surface area contributed by atoms with Gasteiger partial charge in [0.1, 0.15) is 0 Å². The fourth-order valence-electron chi connectivity index (χ4n) is 10.0. The maximum absolute atomic E-state index is 5.32. The molecule has 78 heavy (non-hydrogen) atoms. The largest absolute Gasteiger partial charge is 0.316 e. The van der Waals surface area contributed by atoms with E-state index in [1.54, 1.807) is 12.3 Å². The van der Waals surface area contributed by atoms with Crippen molar-refractivity contribution in [2.24, 2.45) is 9.98 Å². The Labute approximate surface area is 466 Å². The molecular weight excluding hydrogens is 945 g/mol. The minimum atomic E-state index is -0.427. The maximum Gasteiger partial charge on any atom is 0.0666 e. The SMILES string of the molecule is C=C/C=C\CC(C)(C(=C)/C=C\C=C)c1ccccc1-n1c2ccccc2c2cc(C(/C=C\N=C)=NCc3ccc4c(c3)c(/C=C\C=C\C)cn4-c3ccccc3C(c3ccccc3)c3ccccc3)ccc21.CC.CC.CC. The van der Waals surface area contributed by atoms with E-state index in [1.165, 1.54) is 22.3 Å². The molecule has 2 heterocycles. The normalized spacial score (nSPS) is 12.4. The van der Waals surface area contributed by atoms with Crippen molar-refractivity contribution in [3.8, 4) is 11.4 Å². The van der Waals surface area contributed by atoms with E-state index in [9.17, 15) is 0 Å². The van der Waals surface area contributed by atoms with Gasteiger partial charge >= 0.3 is 0 Å². The van der Waals surface area contributed by atoms with Gasteiger partial charge in [-0.15, -0.1) is 0 Å². The summed E-state index contributed by atoms with van der Waals surface area (Å²) in [4.78, 5) is 9.45. The highest BCUT2D eigenvalue weighted by molar-refractivity contribution is 6.15. The van der Waals surface area contributed by atoms with E-state index in [0.717, 1.165) is 78.5 Å². The number of rotatable bonds is 19. The Morgan fingerprint density at radius 1 is 0.603 bits per heavy atom. The van der Waals surface area contributed by atoms with Crippen molar-refractivity contribution >= 4 is 51.2 Å². The highest BCUT2D eigenvalue weighted by Crippen LogP contribution is 2.43. The zero-order valence-electron chi connectivity index (χ0n) is 47.3. The van der Waals surface area contributed by atoms with Crippen LogP contribution in [0.3, 0.4) is 0 Å². The minimum Gasteiger partial charge on any atom is -0.316 e. The third-order valence-electron chi connectivity index (χ3n) is 13.7. The molecule has 0 N–H and O–H groups in total. The van der Waals surface area contributed by atoms with Gasteiger partial charge in [-0.25, -0.2) is 0 Å². The van der Waals surface area contributed by atoms with E-state index in [4.69, 9.17) is 4.99 Å². The predicted octanol–water partition coefficient (Wildman–Crippen LogP) is 20.5. The molecule has 1 atom stereocenters. The smallest absolute Gasteiger partial charge is 0.0666 e. The highest BCUT2D eigenvalue weighted by atomic mass is 15.0. The molecule has 0 aliphatic carbocycles. The summed E-state index contributed by atoms with van der Waals surface area (Å²) in [6, 6.07) is 61.2. The fraction of sp³-hybridized carbons (Fsp3) is 0.162. The Hall–Kier alpha value is -8.86. The van der Waals surface area contributed by atoms with Gasteiger partial charge in [0.15, 0.2) is 0 Å². The maximum atomic E-state index is 5.32. The van der Waals surface area contributed by atoms with Crippen molar-refractivity contribution in [2.45, 2.75) is 79.7 Å². The molecule has 2 aromatic heterocycles. The first-order valence-electron chi connectivity index (χ1n) is 27.6. The Balaban J connectivity index is 0.00000159. The molecule has 0 saturated carbocycles. The van der Waals surface area contributed by atoms with E-state index in [1.807, 2.05) is 72.8 Å². The second-order valence-electron chi connectivity index (χ2n) is 18.1. The Kier molecular flexibility index (Phi) is 22.0. The predicted molar refractivity (Wildman–Crippen MR) is 344 cm³/mol. The fourth-order valence-corrected chi connectivity index (χ4v) is 10.0. The minimum absolute atomic E-state index is 0.0428. The lowest BCUT2D eigenvalue weighted by Gasteiger charge is -2.33. The van der Waals surface area contributed by atoms with E-state index < -0.39 is 5.41 Å². The number of fused-ring (bicyclic) bond motifs is 4. The van der Waals surface area contributed by atoms with Crippen LogP contribution < -0.4 is 0 Å². The van der Waals surface area contributed by atoms with Gasteiger partial charge in [0.05, 0.1) is 34.5 Å². The quantitative estimate of drug-likeness (QED) is 0.0440. The van der Waals surface area contributed by atoms with Crippen LogP contribution in [0.15, 0.2) is 278 Å². The molecule has 0 aliphatic heterocycles. The first-order chi connectivity index (χ1) is 38.4. The van der Waals surface area contributed by atoms with Gasteiger partial charge in [-0.2, -0.15) is 0 Å². The molecular formula is C74H78N4. The molecule has 7 aromatic carbocycles. The highest BCUT2D eigenvalue weighted by Gasteiger charge is 2.31. The van der Waals surface area contributed by atoms with Crippen molar-refractivity contribution in [3.63, 3.8) is 0 Å². The molecule has 4 nitrogen and oxygen atoms in total. The summed E-state index contributed by atoms with van der Waals surface area (Å²) < 4.78 is 4.75. The zero-order chi connectivity index (χ0) is 55.9. The van der Waals surface area contributed by atoms with Gasteiger partial charge in [-0.3, -0.25) is 9.98 Å². The number of hydrogen-bond acceptors (Lipinski definition) is 2. The van der Waals surface area contributed by atoms with Gasteiger partial charge in [0.25, 0.3) is 0 Å². The molecule has 9 rings (SSSR count). The van der Waals surface area contributed by atoms with E-state index in [2.05, 4.69) is 260 Å². The molecule has 0 fully saturated rings. The molecule has 9 aromatic rings. The van der Waals surface area contributed by atoms with Crippen LogP contribution in [0, 0.1) is 0 Å². The molecule has 0 spiro atoms. The molecule has 4 heteroatoms. The third kappa shape index (κ3) is 13.0. The third-order valence-corrected chi connectivity index (χ3v) is 13.7. The standard InChI is InChI=1S/C68H60N4.3C2H6/c1-7-10-15-32-55-49-71(62-36-23-21-34-57(62)67(52-28-16-13-17-29-52)53-30-18-14-19-31-53)63-41-39-51(46-58(55)63)48-70-61(43-45-69-6)54-40-42-65-59(47-54)56-33-20-24-37-64(56)72(65)66-38-25-22-35-60(66)68(5,44-26-11-8-2)50(4)27-12-9-3;3*1-2/h7-43,45-47,49,67H,2-4,6,44,48H2,1,5H3;3*1-2H3/b10-7+,26-11-,27-12-,32-15-,45-43-,70-61?;;;. The van der Waals surface area contributed by atoms with Gasteiger partial charge in [-0.1, -0.05) is 256 Å². The monoisotopic (exact) mass is 1020 g/mol. The van der Waals surface area contributed by atoms with Crippen LogP contribution in [0.5, 0.6) is 0 Å².